The Kier molecular flexibility index (Phi) is 7.52. The Balaban J connectivity index is 1.93. The molecule has 2 rings (SSSR count). The quantitative estimate of drug-likeness (QED) is 0.486. The van der Waals surface area contributed by atoms with Gasteiger partial charge in [-0.15, -0.1) is 0 Å². The van der Waals surface area contributed by atoms with Gasteiger partial charge in [-0.3, -0.25) is 0 Å². The van der Waals surface area contributed by atoms with Crippen LogP contribution in [0.5, 0.6) is 11.5 Å². The maximum Gasteiger partial charge on any atom is 0.343 e. The third-order valence-electron chi connectivity index (χ3n) is 3.69. The predicted octanol–water partition coefficient (Wildman–Crippen LogP) is 2.20. The number of hydrogen-bond acceptors (Lipinski definition) is 7. The number of benzene rings is 2. The SMILES string of the molecule is COC(=O)COc1ccc(C(S)CNS(=O)(=O)c2ccc(OC)cc2)cc1. The Hall–Kier alpha value is -2.23. The van der Waals surface area contributed by atoms with Gasteiger partial charge in [0.2, 0.25) is 10.0 Å². The molecule has 0 fully saturated rings. The lowest BCUT2D eigenvalue weighted by Crippen LogP contribution is -2.27. The van der Waals surface area contributed by atoms with E-state index in [2.05, 4.69) is 22.1 Å². The van der Waals surface area contributed by atoms with Crippen LogP contribution < -0.4 is 14.2 Å². The number of thiol groups is 1. The number of methoxy groups -OCH3 is 2. The molecule has 1 atom stereocenters. The summed E-state index contributed by atoms with van der Waals surface area (Å²) in [5.74, 6) is 0.609. The van der Waals surface area contributed by atoms with E-state index < -0.39 is 16.0 Å². The highest BCUT2D eigenvalue weighted by Gasteiger charge is 2.16. The van der Waals surface area contributed by atoms with Gasteiger partial charge in [-0.1, -0.05) is 12.1 Å². The van der Waals surface area contributed by atoms with Crippen LogP contribution in [-0.4, -0.2) is 41.8 Å². The van der Waals surface area contributed by atoms with Gasteiger partial charge in [0.05, 0.1) is 19.1 Å². The van der Waals surface area contributed by atoms with Gasteiger partial charge in [0, 0.05) is 11.8 Å². The van der Waals surface area contributed by atoms with Crippen molar-refractivity contribution in [3.63, 3.8) is 0 Å². The van der Waals surface area contributed by atoms with Gasteiger partial charge in [0.25, 0.3) is 0 Å². The van der Waals surface area contributed by atoms with Gasteiger partial charge < -0.3 is 14.2 Å². The zero-order chi connectivity index (χ0) is 19.9. The molecule has 1 N–H and O–H groups in total. The van der Waals surface area contributed by atoms with E-state index in [0.717, 1.165) is 5.56 Å². The summed E-state index contributed by atoms with van der Waals surface area (Å²) >= 11 is 4.45. The van der Waals surface area contributed by atoms with E-state index in [1.807, 2.05) is 0 Å². The third kappa shape index (κ3) is 6.16. The Morgan fingerprint density at radius 2 is 1.63 bits per heavy atom. The molecule has 0 aliphatic heterocycles. The topological polar surface area (TPSA) is 90.9 Å². The molecule has 0 saturated heterocycles. The van der Waals surface area contributed by atoms with E-state index in [4.69, 9.17) is 9.47 Å². The van der Waals surface area contributed by atoms with Crippen molar-refractivity contribution in [1.82, 2.24) is 4.72 Å². The Morgan fingerprint density at radius 3 is 2.19 bits per heavy atom. The van der Waals surface area contributed by atoms with Gasteiger partial charge in [-0.05, 0) is 42.0 Å². The van der Waals surface area contributed by atoms with Crippen LogP contribution in [0.1, 0.15) is 10.8 Å². The lowest BCUT2D eigenvalue weighted by molar-refractivity contribution is -0.142. The first-order valence-electron chi connectivity index (χ1n) is 7.97. The number of sulfonamides is 1. The largest absolute Gasteiger partial charge is 0.497 e. The molecule has 9 heteroatoms. The number of carbonyl (C=O) groups excluding carboxylic acids is 1. The van der Waals surface area contributed by atoms with Crippen molar-refractivity contribution in [3.8, 4) is 11.5 Å². The third-order valence-corrected chi connectivity index (χ3v) is 5.61. The highest BCUT2D eigenvalue weighted by Crippen LogP contribution is 2.23. The molecule has 0 aromatic heterocycles. The van der Waals surface area contributed by atoms with Crippen molar-refractivity contribution in [1.29, 1.82) is 0 Å². The normalized spacial score (nSPS) is 12.3. The molecule has 0 bridgehead atoms. The predicted molar refractivity (Wildman–Crippen MR) is 104 cm³/mol. The molecule has 146 valence electrons. The zero-order valence-corrected chi connectivity index (χ0v) is 16.6. The number of ether oxygens (including phenoxy) is 3. The van der Waals surface area contributed by atoms with Crippen LogP contribution in [-0.2, 0) is 19.6 Å². The average Bonchev–Trinajstić information content (AvgIpc) is 2.70. The molecule has 27 heavy (non-hydrogen) atoms. The van der Waals surface area contributed by atoms with Crippen molar-refractivity contribution in [2.24, 2.45) is 0 Å². The van der Waals surface area contributed by atoms with E-state index in [0.29, 0.717) is 11.5 Å². The van der Waals surface area contributed by atoms with Crippen LogP contribution >= 0.6 is 12.6 Å². The van der Waals surface area contributed by atoms with E-state index in [9.17, 15) is 13.2 Å². The number of carbonyl (C=O) groups is 1. The summed E-state index contributed by atoms with van der Waals surface area (Å²) in [4.78, 5) is 11.2. The van der Waals surface area contributed by atoms with Gasteiger partial charge in [-0.2, -0.15) is 12.6 Å². The molecule has 1 unspecified atom stereocenters. The van der Waals surface area contributed by atoms with Crippen molar-refractivity contribution in [2.75, 3.05) is 27.4 Å². The second-order valence-corrected chi connectivity index (χ2v) is 7.87. The second kappa shape index (κ2) is 9.63. The van der Waals surface area contributed by atoms with Gasteiger partial charge in [-0.25, -0.2) is 17.9 Å². The van der Waals surface area contributed by atoms with Crippen LogP contribution in [0, 0.1) is 0 Å². The lowest BCUT2D eigenvalue weighted by atomic mass is 10.1. The first-order chi connectivity index (χ1) is 12.9. The van der Waals surface area contributed by atoms with Gasteiger partial charge >= 0.3 is 5.97 Å². The smallest absolute Gasteiger partial charge is 0.343 e. The molecule has 2 aromatic rings. The number of rotatable bonds is 9. The van der Waals surface area contributed by atoms with E-state index in [1.165, 1.54) is 26.4 Å². The fraction of sp³-hybridized carbons (Fsp3) is 0.278. The molecule has 0 saturated carbocycles. The minimum absolute atomic E-state index is 0.111. The summed E-state index contributed by atoms with van der Waals surface area (Å²) in [5.41, 5.74) is 0.807. The summed E-state index contributed by atoms with van der Waals surface area (Å²) in [7, 11) is -0.850. The second-order valence-electron chi connectivity index (χ2n) is 5.48. The average molecular weight is 412 g/mol. The molecule has 2 aromatic carbocycles. The molecule has 7 nitrogen and oxygen atoms in total. The molecule has 0 amide bonds. The first kappa shape index (κ1) is 21.1. The number of hydrogen-bond donors (Lipinski definition) is 2. The van der Waals surface area contributed by atoms with Gasteiger partial charge in [0.1, 0.15) is 11.5 Å². The van der Waals surface area contributed by atoms with Crippen LogP contribution in [0.4, 0.5) is 0 Å². The van der Waals surface area contributed by atoms with E-state index in [1.54, 1.807) is 36.4 Å². The minimum atomic E-state index is -3.65. The molecular formula is C18H21NO6S2. The van der Waals surface area contributed by atoms with Crippen molar-refractivity contribution < 1.29 is 27.4 Å². The first-order valence-corrected chi connectivity index (χ1v) is 9.97. The van der Waals surface area contributed by atoms with Crippen LogP contribution in [0.25, 0.3) is 0 Å². The molecule has 0 aliphatic carbocycles. The highest BCUT2D eigenvalue weighted by molar-refractivity contribution is 7.89. The van der Waals surface area contributed by atoms with Crippen LogP contribution in [0.2, 0.25) is 0 Å². The molecule has 0 spiro atoms. The van der Waals surface area contributed by atoms with Gasteiger partial charge in [0.15, 0.2) is 6.61 Å². The molecule has 0 radical (unpaired) electrons. The monoisotopic (exact) mass is 411 g/mol. The molecular weight excluding hydrogens is 390 g/mol. The number of esters is 1. The fourth-order valence-corrected chi connectivity index (χ4v) is 3.57. The fourth-order valence-electron chi connectivity index (χ4n) is 2.13. The zero-order valence-electron chi connectivity index (χ0n) is 14.9. The van der Waals surface area contributed by atoms with Crippen LogP contribution in [0.15, 0.2) is 53.4 Å². The summed E-state index contributed by atoms with van der Waals surface area (Å²) in [6, 6.07) is 13.0. The Morgan fingerprint density at radius 1 is 1.04 bits per heavy atom. The Bertz CT molecular complexity index is 850. The van der Waals surface area contributed by atoms with Crippen molar-refractivity contribution >= 4 is 28.6 Å². The summed E-state index contributed by atoms with van der Waals surface area (Å²) in [6.07, 6.45) is 0. The lowest BCUT2D eigenvalue weighted by Gasteiger charge is -2.14. The maximum absolute atomic E-state index is 12.3. The van der Waals surface area contributed by atoms with Crippen LogP contribution in [0.3, 0.4) is 0 Å². The van der Waals surface area contributed by atoms with E-state index in [-0.39, 0.29) is 23.3 Å². The maximum atomic E-state index is 12.3. The standard InChI is InChI=1S/C18H21NO6S2/c1-23-14-7-9-16(10-8-14)27(21,22)19-11-17(26)13-3-5-15(6-4-13)25-12-18(20)24-2/h3-10,17,19,26H,11-12H2,1-2H3. The molecule has 0 aliphatic rings. The summed E-state index contributed by atoms with van der Waals surface area (Å²) in [6.45, 7) is -0.0678. The highest BCUT2D eigenvalue weighted by atomic mass is 32.2. The van der Waals surface area contributed by atoms with E-state index >= 15 is 0 Å². The summed E-state index contributed by atoms with van der Waals surface area (Å²) < 4.78 is 42.0. The van der Waals surface area contributed by atoms with Crippen molar-refractivity contribution in [3.05, 3.63) is 54.1 Å². The number of nitrogens with one attached hydrogen (secondary N) is 1. The molecule has 0 heterocycles. The minimum Gasteiger partial charge on any atom is -0.497 e. The van der Waals surface area contributed by atoms with Crippen molar-refractivity contribution in [2.45, 2.75) is 10.1 Å². The Labute approximate surface area is 164 Å². The summed E-state index contributed by atoms with van der Waals surface area (Å²) in [5, 5.41) is -0.354.